The lowest BCUT2D eigenvalue weighted by Crippen LogP contribution is -2.39. The zero-order valence-corrected chi connectivity index (χ0v) is 19.7. The molecule has 4 N–H and O–H groups in total. The Morgan fingerprint density at radius 2 is 1.73 bits per heavy atom. The van der Waals surface area contributed by atoms with Crippen LogP contribution in [0.15, 0.2) is 78.0 Å². The van der Waals surface area contributed by atoms with Gasteiger partial charge in [-0.05, 0) is 79.6 Å². The number of hydrogen-bond acceptors (Lipinski definition) is 5. The van der Waals surface area contributed by atoms with Crippen molar-refractivity contribution in [2.75, 3.05) is 5.32 Å². The summed E-state index contributed by atoms with van der Waals surface area (Å²) < 4.78 is 42.3. The van der Waals surface area contributed by atoms with Crippen molar-refractivity contribution in [2.24, 2.45) is 10.7 Å². The topological polar surface area (TPSA) is 119 Å². The second-order valence-corrected chi connectivity index (χ2v) is 8.00. The van der Waals surface area contributed by atoms with Crippen molar-refractivity contribution in [3.63, 3.8) is 0 Å². The number of halogens is 3. The molecule has 190 valence electrons. The molecule has 3 aromatic carbocycles. The quantitative estimate of drug-likeness (QED) is 0.252. The van der Waals surface area contributed by atoms with Crippen LogP contribution in [0, 0.1) is 13.8 Å². The molecule has 0 radical (unpaired) electrons. The summed E-state index contributed by atoms with van der Waals surface area (Å²) >= 11 is 0. The van der Waals surface area contributed by atoms with E-state index in [1.807, 2.05) is 32.0 Å². The molecule has 37 heavy (non-hydrogen) atoms. The Bertz CT molecular complexity index is 1430. The van der Waals surface area contributed by atoms with Crippen molar-refractivity contribution in [1.29, 1.82) is 0 Å². The van der Waals surface area contributed by atoms with Crippen LogP contribution in [-0.2, 0) is 0 Å². The van der Waals surface area contributed by atoms with Gasteiger partial charge < -0.3 is 15.8 Å². The Kier molecular flexibility index (Phi) is 7.09. The van der Waals surface area contributed by atoms with Crippen LogP contribution >= 0.6 is 0 Å². The Hall–Kier alpha value is -4.87. The number of ether oxygens (including phenoxy) is 1. The van der Waals surface area contributed by atoms with E-state index in [2.05, 4.69) is 30.4 Å². The van der Waals surface area contributed by atoms with E-state index in [0.717, 1.165) is 11.1 Å². The Labute approximate surface area is 209 Å². The van der Waals surface area contributed by atoms with Gasteiger partial charge in [0.25, 0.3) is 0 Å². The molecule has 0 bridgehead atoms. The van der Waals surface area contributed by atoms with Gasteiger partial charge in [0.1, 0.15) is 12.1 Å². The Morgan fingerprint density at radius 1 is 1.03 bits per heavy atom. The predicted octanol–water partition coefficient (Wildman–Crippen LogP) is 5.22. The number of benzene rings is 3. The highest BCUT2D eigenvalue weighted by Gasteiger charge is 2.31. The molecule has 0 aliphatic heterocycles. The van der Waals surface area contributed by atoms with Gasteiger partial charge in [0.15, 0.2) is 5.82 Å². The largest absolute Gasteiger partial charge is 0.573 e. The third kappa shape index (κ3) is 6.84. The van der Waals surface area contributed by atoms with Crippen LogP contribution in [0.4, 0.5) is 29.3 Å². The van der Waals surface area contributed by atoms with E-state index in [1.54, 1.807) is 24.3 Å². The number of aryl methyl sites for hydroxylation is 2. The summed E-state index contributed by atoms with van der Waals surface area (Å²) in [5.41, 5.74) is 10.2. The Morgan fingerprint density at radius 3 is 2.41 bits per heavy atom. The van der Waals surface area contributed by atoms with E-state index in [1.165, 1.54) is 35.3 Å². The fourth-order valence-corrected chi connectivity index (χ4v) is 3.30. The van der Waals surface area contributed by atoms with E-state index in [9.17, 15) is 18.0 Å². The number of carbonyl (C=O) groups is 1. The lowest BCUT2D eigenvalue weighted by Gasteiger charge is -2.09. The van der Waals surface area contributed by atoms with Crippen LogP contribution in [0.1, 0.15) is 11.1 Å². The van der Waals surface area contributed by atoms with E-state index in [0.29, 0.717) is 28.5 Å². The molecule has 2 amide bonds. The summed E-state index contributed by atoms with van der Waals surface area (Å²) in [6, 6.07) is 17.2. The van der Waals surface area contributed by atoms with Crippen LogP contribution in [0.2, 0.25) is 0 Å². The third-order valence-electron chi connectivity index (χ3n) is 5.07. The molecular weight excluding hydrogens is 487 g/mol. The van der Waals surface area contributed by atoms with Gasteiger partial charge in [-0.15, -0.1) is 18.3 Å². The third-order valence-corrected chi connectivity index (χ3v) is 5.07. The minimum atomic E-state index is -4.76. The highest BCUT2D eigenvalue weighted by molar-refractivity contribution is 6.02. The first kappa shape index (κ1) is 25.2. The van der Waals surface area contributed by atoms with Gasteiger partial charge >= 0.3 is 12.4 Å². The first-order valence-corrected chi connectivity index (χ1v) is 10.9. The summed E-state index contributed by atoms with van der Waals surface area (Å²) in [5, 5.41) is 9.50. The number of rotatable bonds is 5. The van der Waals surface area contributed by atoms with Crippen LogP contribution in [-0.4, -0.2) is 33.1 Å². The first-order chi connectivity index (χ1) is 17.6. The number of alkyl halides is 3. The number of urea groups is 1. The minimum absolute atomic E-state index is 0.0458. The molecule has 0 aliphatic carbocycles. The second-order valence-electron chi connectivity index (χ2n) is 8.00. The fourth-order valence-electron chi connectivity index (χ4n) is 3.30. The number of carbonyl (C=O) groups excluding carboxylic acids is 1. The van der Waals surface area contributed by atoms with Crippen LogP contribution < -0.4 is 21.1 Å². The lowest BCUT2D eigenvalue weighted by atomic mass is 10.1. The van der Waals surface area contributed by atoms with E-state index >= 15 is 0 Å². The maximum atomic E-state index is 12.3. The molecule has 0 spiro atoms. The highest BCUT2D eigenvalue weighted by Crippen LogP contribution is 2.24. The normalized spacial score (nSPS) is 11.8. The second kappa shape index (κ2) is 10.4. The monoisotopic (exact) mass is 509 g/mol. The number of aromatic nitrogens is 3. The van der Waals surface area contributed by atoms with Gasteiger partial charge in [-0.25, -0.2) is 19.5 Å². The number of hydrogen-bond donors (Lipinski definition) is 3. The fraction of sp³-hybridized carbons (Fsp3) is 0.120. The summed E-state index contributed by atoms with van der Waals surface area (Å²) in [6.45, 7) is 3.83. The molecule has 0 saturated heterocycles. The average Bonchev–Trinajstić information content (AvgIpc) is 3.31. The van der Waals surface area contributed by atoms with E-state index in [4.69, 9.17) is 5.73 Å². The molecule has 1 heterocycles. The molecular formula is C25H22F3N7O2. The van der Waals surface area contributed by atoms with Crippen molar-refractivity contribution in [1.82, 2.24) is 20.1 Å². The molecule has 0 atom stereocenters. The molecule has 0 saturated carbocycles. The smallest absolute Gasteiger partial charge is 0.406 e. The zero-order chi connectivity index (χ0) is 26.6. The number of guanidine groups is 1. The SMILES string of the molecule is Cc1ccc(C)c(N=C(N)NC(=O)Nc2ccc(-c3ncn(-c4ccc(OC(F)(F)F)cc4)n3)cc2)c1. The predicted molar refractivity (Wildman–Crippen MR) is 133 cm³/mol. The van der Waals surface area contributed by atoms with Gasteiger partial charge in [-0.1, -0.05) is 12.1 Å². The number of aliphatic imine (C=N–C) groups is 1. The van der Waals surface area contributed by atoms with Crippen molar-refractivity contribution >= 4 is 23.4 Å². The summed E-state index contributed by atoms with van der Waals surface area (Å²) in [4.78, 5) is 20.8. The van der Waals surface area contributed by atoms with Crippen molar-refractivity contribution in [2.45, 2.75) is 20.2 Å². The maximum absolute atomic E-state index is 12.3. The van der Waals surface area contributed by atoms with Crippen molar-refractivity contribution in [3.05, 3.63) is 84.2 Å². The number of amides is 2. The van der Waals surface area contributed by atoms with Crippen LogP contribution in [0.5, 0.6) is 5.75 Å². The molecule has 4 aromatic rings. The minimum Gasteiger partial charge on any atom is -0.406 e. The van der Waals surface area contributed by atoms with E-state index < -0.39 is 12.4 Å². The first-order valence-electron chi connectivity index (χ1n) is 10.9. The average molecular weight is 509 g/mol. The molecule has 0 aliphatic rings. The summed E-state index contributed by atoms with van der Waals surface area (Å²) in [6.07, 6.45) is -3.32. The molecule has 9 nitrogen and oxygen atoms in total. The highest BCUT2D eigenvalue weighted by atomic mass is 19.4. The number of nitrogens with zero attached hydrogens (tertiary/aromatic N) is 4. The van der Waals surface area contributed by atoms with Crippen LogP contribution in [0.25, 0.3) is 17.1 Å². The van der Waals surface area contributed by atoms with Gasteiger partial charge in [0.05, 0.1) is 11.4 Å². The molecule has 1 aromatic heterocycles. The summed E-state index contributed by atoms with van der Waals surface area (Å²) in [7, 11) is 0. The number of anilines is 1. The zero-order valence-electron chi connectivity index (χ0n) is 19.7. The van der Waals surface area contributed by atoms with Gasteiger partial charge in [-0.2, -0.15) is 0 Å². The van der Waals surface area contributed by atoms with Gasteiger partial charge in [0, 0.05) is 11.3 Å². The number of nitrogens with two attached hydrogens (primary N) is 1. The van der Waals surface area contributed by atoms with Crippen molar-refractivity contribution in [3.8, 4) is 22.8 Å². The van der Waals surface area contributed by atoms with Gasteiger partial charge in [0.2, 0.25) is 5.96 Å². The molecule has 4 rings (SSSR count). The lowest BCUT2D eigenvalue weighted by molar-refractivity contribution is -0.274. The number of nitrogens with one attached hydrogen (secondary N) is 2. The van der Waals surface area contributed by atoms with Crippen molar-refractivity contribution < 1.29 is 22.7 Å². The van der Waals surface area contributed by atoms with E-state index in [-0.39, 0.29) is 11.7 Å². The molecule has 12 heteroatoms. The maximum Gasteiger partial charge on any atom is 0.573 e. The molecule has 0 fully saturated rings. The van der Waals surface area contributed by atoms with Gasteiger partial charge in [-0.3, -0.25) is 5.32 Å². The standard InChI is InChI=1S/C25H22F3N7O2/c1-15-3-4-16(2)21(13-15)32-23(29)33-24(36)31-18-7-5-17(6-8-18)22-30-14-35(34-22)19-9-11-20(12-10-19)37-25(26,27)28/h3-14H,1-2H3,(H4,29,31,32,33,36). The molecule has 0 unspecified atom stereocenters. The van der Waals surface area contributed by atoms with Crippen LogP contribution in [0.3, 0.4) is 0 Å². The Balaban J connectivity index is 1.37. The summed E-state index contributed by atoms with van der Waals surface area (Å²) in [5.74, 6) is 0.00843.